The van der Waals surface area contributed by atoms with E-state index in [0.29, 0.717) is 18.5 Å². The van der Waals surface area contributed by atoms with Crippen LogP contribution in [0.5, 0.6) is 0 Å². The maximum Gasteiger partial charge on any atom is 0.222 e. The second kappa shape index (κ2) is 7.45. The number of hydrogen-bond acceptors (Lipinski definition) is 3. The van der Waals surface area contributed by atoms with Gasteiger partial charge in [-0.1, -0.05) is 29.8 Å². The molecule has 1 atom stereocenters. The average molecular weight is 316 g/mol. The number of piperidine rings is 2. The number of aliphatic hydroxyl groups is 1. The summed E-state index contributed by atoms with van der Waals surface area (Å²) in [5.41, 5.74) is 2.21. The number of hydrogen-bond donors (Lipinski definition) is 1. The predicted octanol–water partition coefficient (Wildman–Crippen LogP) is 2.51. The van der Waals surface area contributed by atoms with E-state index >= 15 is 0 Å². The Balaban J connectivity index is 1.49. The average Bonchev–Trinajstić information content (AvgIpc) is 2.57. The van der Waals surface area contributed by atoms with Crippen LogP contribution in [0, 0.1) is 6.92 Å². The van der Waals surface area contributed by atoms with Gasteiger partial charge in [0.15, 0.2) is 0 Å². The minimum absolute atomic E-state index is 0.342. The molecule has 1 amide bonds. The van der Waals surface area contributed by atoms with Crippen molar-refractivity contribution in [3.8, 4) is 0 Å². The number of aliphatic hydroxyl groups excluding tert-OH is 1. The van der Waals surface area contributed by atoms with Crippen molar-refractivity contribution in [2.45, 2.75) is 51.2 Å². The highest BCUT2D eigenvalue weighted by Crippen LogP contribution is 2.23. The molecule has 0 spiro atoms. The summed E-state index contributed by atoms with van der Waals surface area (Å²) < 4.78 is 0. The largest absolute Gasteiger partial charge is 0.387 e. The zero-order valence-electron chi connectivity index (χ0n) is 14.1. The lowest BCUT2D eigenvalue weighted by atomic mass is 9.98. The number of β-amino-alcohol motifs (C(OH)–C–C–N with tert-alkyl or cyclic N) is 1. The topological polar surface area (TPSA) is 43.8 Å². The fourth-order valence-electron chi connectivity index (χ4n) is 3.77. The molecule has 0 radical (unpaired) electrons. The van der Waals surface area contributed by atoms with Crippen LogP contribution in [0.2, 0.25) is 0 Å². The van der Waals surface area contributed by atoms with E-state index < -0.39 is 6.10 Å². The van der Waals surface area contributed by atoms with E-state index in [2.05, 4.69) is 16.7 Å². The predicted molar refractivity (Wildman–Crippen MR) is 91.2 cm³/mol. The van der Waals surface area contributed by atoms with Gasteiger partial charge in [-0.05, 0) is 38.2 Å². The van der Waals surface area contributed by atoms with E-state index in [1.165, 1.54) is 5.56 Å². The van der Waals surface area contributed by atoms with Crippen LogP contribution in [0.3, 0.4) is 0 Å². The number of amides is 1. The van der Waals surface area contributed by atoms with Crippen molar-refractivity contribution in [3.05, 3.63) is 35.4 Å². The van der Waals surface area contributed by atoms with Gasteiger partial charge in [-0.15, -0.1) is 0 Å². The zero-order chi connectivity index (χ0) is 16.2. The summed E-state index contributed by atoms with van der Waals surface area (Å²) in [6, 6.07) is 8.54. The van der Waals surface area contributed by atoms with E-state index in [9.17, 15) is 9.90 Å². The minimum atomic E-state index is -0.427. The Hall–Kier alpha value is -1.39. The maximum atomic E-state index is 12.0. The van der Waals surface area contributed by atoms with Gasteiger partial charge in [-0.25, -0.2) is 0 Å². The Morgan fingerprint density at radius 1 is 1.13 bits per heavy atom. The molecule has 2 aliphatic heterocycles. The van der Waals surface area contributed by atoms with Crippen LogP contribution >= 0.6 is 0 Å². The van der Waals surface area contributed by atoms with Crippen molar-refractivity contribution in [3.63, 3.8) is 0 Å². The van der Waals surface area contributed by atoms with Crippen molar-refractivity contribution in [2.75, 3.05) is 26.2 Å². The molecule has 0 saturated carbocycles. The molecule has 1 aromatic rings. The van der Waals surface area contributed by atoms with Gasteiger partial charge in [0.05, 0.1) is 6.10 Å². The lowest BCUT2D eigenvalue weighted by Crippen LogP contribution is -2.49. The highest BCUT2D eigenvalue weighted by molar-refractivity contribution is 5.77. The summed E-state index contributed by atoms with van der Waals surface area (Å²) in [5, 5.41) is 10.4. The smallest absolute Gasteiger partial charge is 0.222 e. The first kappa shape index (κ1) is 16.5. The molecule has 23 heavy (non-hydrogen) atoms. The number of benzene rings is 1. The maximum absolute atomic E-state index is 12.0. The Morgan fingerprint density at radius 2 is 1.83 bits per heavy atom. The van der Waals surface area contributed by atoms with Crippen molar-refractivity contribution in [1.29, 1.82) is 0 Å². The van der Waals surface area contributed by atoms with Gasteiger partial charge in [0.1, 0.15) is 0 Å². The Bertz CT molecular complexity index is 521. The van der Waals surface area contributed by atoms with E-state index in [-0.39, 0.29) is 0 Å². The fraction of sp³-hybridized carbons (Fsp3) is 0.632. The Morgan fingerprint density at radius 3 is 2.48 bits per heavy atom. The standard InChI is InChI=1S/C19H28N2O2/c1-15-5-7-16(8-6-15)18(22)14-20-12-9-17(10-13-20)21-11-3-2-4-19(21)23/h5-8,17-18,22H,2-4,9-14H2,1H3. The number of aryl methyl sites for hydroxylation is 1. The number of nitrogens with zero attached hydrogens (tertiary/aromatic N) is 2. The lowest BCUT2D eigenvalue weighted by Gasteiger charge is -2.40. The van der Waals surface area contributed by atoms with Gasteiger partial charge >= 0.3 is 0 Å². The van der Waals surface area contributed by atoms with Gasteiger partial charge in [0.25, 0.3) is 0 Å². The molecule has 2 aliphatic rings. The Labute approximate surface area is 139 Å². The van der Waals surface area contributed by atoms with Crippen LogP contribution in [-0.2, 0) is 4.79 Å². The van der Waals surface area contributed by atoms with Crippen LogP contribution in [0.1, 0.15) is 49.3 Å². The molecule has 4 nitrogen and oxygen atoms in total. The summed E-state index contributed by atoms with van der Waals surface area (Å²) >= 11 is 0. The molecule has 1 N–H and O–H groups in total. The molecule has 0 aromatic heterocycles. The molecule has 2 saturated heterocycles. The second-order valence-electron chi connectivity index (χ2n) is 7.00. The van der Waals surface area contributed by atoms with Crippen LogP contribution in [0.25, 0.3) is 0 Å². The Kier molecular flexibility index (Phi) is 5.34. The summed E-state index contributed by atoms with van der Waals surface area (Å²) in [5.74, 6) is 0.342. The summed E-state index contributed by atoms with van der Waals surface area (Å²) in [7, 11) is 0. The molecule has 126 valence electrons. The molecular formula is C19H28N2O2. The summed E-state index contributed by atoms with van der Waals surface area (Å²) in [6.45, 7) is 5.62. The molecular weight excluding hydrogens is 288 g/mol. The molecule has 0 aliphatic carbocycles. The van der Waals surface area contributed by atoms with Crippen molar-refractivity contribution in [2.24, 2.45) is 0 Å². The van der Waals surface area contributed by atoms with Crippen LogP contribution in [0.15, 0.2) is 24.3 Å². The normalized spacial score (nSPS) is 22.3. The van der Waals surface area contributed by atoms with Crippen molar-refractivity contribution < 1.29 is 9.90 Å². The molecule has 2 fully saturated rings. The number of carbonyl (C=O) groups is 1. The fourth-order valence-corrected chi connectivity index (χ4v) is 3.77. The van der Waals surface area contributed by atoms with E-state index in [1.54, 1.807) is 0 Å². The van der Waals surface area contributed by atoms with Crippen LogP contribution in [0.4, 0.5) is 0 Å². The minimum Gasteiger partial charge on any atom is -0.387 e. The lowest BCUT2D eigenvalue weighted by molar-refractivity contribution is -0.136. The van der Waals surface area contributed by atoms with E-state index in [4.69, 9.17) is 0 Å². The molecule has 0 bridgehead atoms. The molecule has 1 unspecified atom stereocenters. The first-order valence-electron chi connectivity index (χ1n) is 8.90. The first-order valence-corrected chi connectivity index (χ1v) is 8.90. The summed E-state index contributed by atoms with van der Waals surface area (Å²) in [6.07, 6.45) is 4.57. The van der Waals surface area contributed by atoms with Crippen LogP contribution < -0.4 is 0 Å². The first-order chi connectivity index (χ1) is 11.1. The SMILES string of the molecule is Cc1ccc(C(O)CN2CCC(N3CCCCC3=O)CC2)cc1. The number of carbonyl (C=O) groups excluding carboxylic acids is 1. The molecule has 1 aromatic carbocycles. The van der Waals surface area contributed by atoms with Crippen molar-refractivity contribution >= 4 is 5.91 Å². The quantitative estimate of drug-likeness (QED) is 0.928. The highest BCUT2D eigenvalue weighted by atomic mass is 16.3. The molecule has 2 heterocycles. The van der Waals surface area contributed by atoms with Gasteiger partial charge < -0.3 is 14.9 Å². The van der Waals surface area contributed by atoms with Gasteiger partial charge in [-0.2, -0.15) is 0 Å². The molecule has 4 heteroatoms. The zero-order valence-corrected chi connectivity index (χ0v) is 14.1. The van der Waals surface area contributed by atoms with Gasteiger partial charge in [-0.3, -0.25) is 4.79 Å². The third-order valence-corrected chi connectivity index (χ3v) is 5.25. The number of rotatable bonds is 4. The van der Waals surface area contributed by atoms with Crippen LogP contribution in [-0.4, -0.2) is 53.0 Å². The second-order valence-corrected chi connectivity index (χ2v) is 7.00. The molecule has 3 rings (SSSR count). The summed E-state index contributed by atoms with van der Waals surface area (Å²) in [4.78, 5) is 16.5. The van der Waals surface area contributed by atoms with Crippen molar-refractivity contribution in [1.82, 2.24) is 9.80 Å². The van der Waals surface area contributed by atoms with E-state index in [0.717, 1.165) is 57.3 Å². The number of likely N-dealkylation sites (tertiary alicyclic amines) is 2. The van der Waals surface area contributed by atoms with Gasteiger partial charge in [0.2, 0.25) is 5.91 Å². The third kappa shape index (κ3) is 4.12. The van der Waals surface area contributed by atoms with Gasteiger partial charge in [0, 0.05) is 38.6 Å². The monoisotopic (exact) mass is 316 g/mol. The highest BCUT2D eigenvalue weighted by Gasteiger charge is 2.29. The third-order valence-electron chi connectivity index (χ3n) is 5.25. The van der Waals surface area contributed by atoms with E-state index in [1.807, 2.05) is 24.3 Å².